The highest BCUT2D eigenvalue weighted by Crippen LogP contribution is 2.23. The largest absolute Gasteiger partial charge is 0.378 e. The Morgan fingerprint density at radius 3 is 2.20 bits per heavy atom. The monoisotopic (exact) mass is 295 g/mol. The number of aryl methyl sites for hydroxylation is 2. The lowest BCUT2D eigenvalue weighted by Gasteiger charge is -2.13. The van der Waals surface area contributed by atoms with Crippen LogP contribution in [-0.4, -0.2) is 27.7 Å². The van der Waals surface area contributed by atoms with Crippen molar-refractivity contribution < 1.29 is 12.9 Å². The van der Waals surface area contributed by atoms with Crippen molar-refractivity contribution in [3.63, 3.8) is 0 Å². The first-order chi connectivity index (χ1) is 9.31. The lowest BCUT2D eigenvalue weighted by molar-refractivity contribution is 0.393. The summed E-state index contributed by atoms with van der Waals surface area (Å²) in [6.45, 7) is 3.34. The van der Waals surface area contributed by atoms with Crippen LogP contribution >= 0.6 is 0 Å². The van der Waals surface area contributed by atoms with Gasteiger partial charge in [-0.15, -0.1) is 0 Å². The molecule has 0 saturated heterocycles. The molecular formula is C13H17N3O3S. The second-order valence-corrected chi connectivity index (χ2v) is 6.38. The van der Waals surface area contributed by atoms with Gasteiger partial charge in [0.1, 0.15) is 11.4 Å². The number of benzene rings is 1. The number of hydrogen-bond acceptors (Lipinski definition) is 5. The van der Waals surface area contributed by atoms with Gasteiger partial charge in [-0.1, -0.05) is 5.16 Å². The fourth-order valence-electron chi connectivity index (χ4n) is 1.75. The highest BCUT2D eigenvalue weighted by Gasteiger charge is 2.19. The van der Waals surface area contributed by atoms with E-state index in [2.05, 4.69) is 9.88 Å². The van der Waals surface area contributed by atoms with Crippen LogP contribution < -0.4 is 9.62 Å². The molecule has 0 unspecified atom stereocenters. The van der Waals surface area contributed by atoms with Gasteiger partial charge in [0.25, 0.3) is 10.0 Å². The molecule has 0 saturated carbocycles. The molecule has 7 heteroatoms. The van der Waals surface area contributed by atoms with Gasteiger partial charge < -0.3 is 9.42 Å². The standard InChI is InChI=1S/C13H17N3O3S/c1-9-13(10(2)19-14-9)15-20(17,18)12-7-5-11(6-8-12)16(3)4/h5-8,15H,1-4H3. The highest BCUT2D eigenvalue weighted by atomic mass is 32.2. The number of sulfonamides is 1. The molecular weight excluding hydrogens is 278 g/mol. The van der Waals surface area contributed by atoms with Gasteiger partial charge >= 0.3 is 0 Å². The molecule has 1 aromatic carbocycles. The lowest BCUT2D eigenvalue weighted by Crippen LogP contribution is -2.14. The van der Waals surface area contributed by atoms with Crippen LogP contribution in [0.5, 0.6) is 0 Å². The second-order valence-electron chi connectivity index (χ2n) is 4.69. The molecule has 6 nitrogen and oxygen atoms in total. The minimum absolute atomic E-state index is 0.197. The van der Waals surface area contributed by atoms with Gasteiger partial charge in [0.05, 0.1) is 4.90 Å². The molecule has 0 aliphatic rings. The van der Waals surface area contributed by atoms with Crippen LogP contribution in [0.15, 0.2) is 33.7 Å². The van der Waals surface area contributed by atoms with Gasteiger partial charge in [0.2, 0.25) is 0 Å². The number of nitrogens with one attached hydrogen (secondary N) is 1. The van der Waals surface area contributed by atoms with Gasteiger partial charge in [0, 0.05) is 19.8 Å². The Labute approximate surface area is 118 Å². The zero-order valence-corrected chi connectivity index (χ0v) is 12.7. The zero-order chi connectivity index (χ0) is 14.9. The summed E-state index contributed by atoms with van der Waals surface area (Å²) in [7, 11) is 0.150. The maximum Gasteiger partial charge on any atom is 0.262 e. The fourth-order valence-corrected chi connectivity index (χ4v) is 2.92. The zero-order valence-electron chi connectivity index (χ0n) is 11.8. The first kappa shape index (κ1) is 14.4. The Hall–Kier alpha value is -2.02. The fraction of sp³-hybridized carbons (Fsp3) is 0.308. The molecule has 0 aliphatic heterocycles. The first-order valence-corrected chi connectivity index (χ1v) is 7.52. The summed E-state index contributed by atoms with van der Waals surface area (Å²) in [6, 6.07) is 6.63. The molecule has 2 aromatic rings. The van der Waals surface area contributed by atoms with Crippen molar-refractivity contribution in [2.24, 2.45) is 0 Å². The minimum atomic E-state index is -3.64. The molecule has 0 radical (unpaired) electrons. The summed E-state index contributed by atoms with van der Waals surface area (Å²) >= 11 is 0. The number of nitrogens with zero attached hydrogens (tertiary/aromatic N) is 2. The average molecular weight is 295 g/mol. The smallest absolute Gasteiger partial charge is 0.262 e. The third kappa shape index (κ3) is 2.77. The SMILES string of the molecule is Cc1noc(C)c1NS(=O)(=O)c1ccc(N(C)C)cc1. The summed E-state index contributed by atoms with van der Waals surface area (Å²) in [5.74, 6) is 0.441. The Balaban J connectivity index is 2.31. The molecule has 0 spiro atoms. The maximum absolute atomic E-state index is 12.3. The molecule has 1 N–H and O–H groups in total. The van der Waals surface area contributed by atoms with E-state index in [0.29, 0.717) is 17.1 Å². The van der Waals surface area contributed by atoms with Crippen LogP contribution in [0.2, 0.25) is 0 Å². The van der Waals surface area contributed by atoms with Crippen molar-refractivity contribution in [1.82, 2.24) is 5.16 Å². The normalized spacial score (nSPS) is 11.4. The lowest BCUT2D eigenvalue weighted by atomic mass is 10.3. The van der Waals surface area contributed by atoms with Crippen LogP contribution in [0, 0.1) is 13.8 Å². The second kappa shape index (κ2) is 5.16. The number of anilines is 2. The van der Waals surface area contributed by atoms with Crippen molar-refractivity contribution in [3.05, 3.63) is 35.7 Å². The Morgan fingerprint density at radius 1 is 1.15 bits per heavy atom. The minimum Gasteiger partial charge on any atom is -0.378 e. The molecule has 1 aromatic heterocycles. The van der Waals surface area contributed by atoms with Gasteiger partial charge in [-0.3, -0.25) is 4.72 Å². The molecule has 0 bridgehead atoms. The van der Waals surface area contributed by atoms with E-state index in [1.165, 1.54) is 0 Å². The third-order valence-electron chi connectivity index (χ3n) is 2.93. The van der Waals surface area contributed by atoms with Crippen LogP contribution in [0.1, 0.15) is 11.5 Å². The predicted molar refractivity (Wildman–Crippen MR) is 77.6 cm³/mol. The highest BCUT2D eigenvalue weighted by molar-refractivity contribution is 7.92. The van der Waals surface area contributed by atoms with E-state index in [1.807, 2.05) is 19.0 Å². The summed E-state index contributed by atoms with van der Waals surface area (Å²) < 4.78 is 32.0. The van der Waals surface area contributed by atoms with E-state index in [-0.39, 0.29) is 4.90 Å². The Morgan fingerprint density at radius 2 is 1.75 bits per heavy atom. The van der Waals surface area contributed by atoms with Gasteiger partial charge in [0.15, 0.2) is 5.76 Å². The summed E-state index contributed by atoms with van der Waals surface area (Å²) in [5, 5.41) is 3.72. The molecule has 2 rings (SSSR count). The number of aromatic nitrogens is 1. The van der Waals surface area contributed by atoms with Crippen LogP contribution in [0.25, 0.3) is 0 Å². The van der Waals surface area contributed by atoms with Crippen molar-refractivity contribution in [2.75, 3.05) is 23.7 Å². The Bertz CT molecular complexity index is 683. The van der Waals surface area contributed by atoms with E-state index in [1.54, 1.807) is 38.1 Å². The molecule has 20 heavy (non-hydrogen) atoms. The van der Waals surface area contributed by atoms with Crippen molar-refractivity contribution in [1.29, 1.82) is 0 Å². The molecule has 0 fully saturated rings. The number of hydrogen-bond donors (Lipinski definition) is 1. The quantitative estimate of drug-likeness (QED) is 0.935. The molecule has 108 valence electrons. The Kier molecular flexibility index (Phi) is 3.71. The topological polar surface area (TPSA) is 75.4 Å². The van der Waals surface area contributed by atoms with Crippen LogP contribution in [0.3, 0.4) is 0 Å². The average Bonchev–Trinajstić information content (AvgIpc) is 2.70. The third-order valence-corrected chi connectivity index (χ3v) is 4.30. The van der Waals surface area contributed by atoms with E-state index in [0.717, 1.165) is 5.69 Å². The summed E-state index contributed by atoms with van der Waals surface area (Å²) in [6.07, 6.45) is 0. The van der Waals surface area contributed by atoms with E-state index in [9.17, 15) is 8.42 Å². The predicted octanol–water partition coefficient (Wildman–Crippen LogP) is 2.16. The van der Waals surface area contributed by atoms with Crippen LogP contribution in [-0.2, 0) is 10.0 Å². The van der Waals surface area contributed by atoms with Crippen LogP contribution in [0.4, 0.5) is 11.4 Å². The number of rotatable bonds is 4. The van der Waals surface area contributed by atoms with Crippen molar-refractivity contribution >= 4 is 21.4 Å². The van der Waals surface area contributed by atoms with Crippen molar-refractivity contribution in [3.8, 4) is 0 Å². The molecule has 0 aliphatic carbocycles. The van der Waals surface area contributed by atoms with Gasteiger partial charge in [-0.05, 0) is 38.1 Å². The first-order valence-electron chi connectivity index (χ1n) is 6.04. The summed E-state index contributed by atoms with van der Waals surface area (Å²) in [5.41, 5.74) is 1.83. The van der Waals surface area contributed by atoms with Gasteiger partial charge in [-0.25, -0.2) is 8.42 Å². The molecule has 0 atom stereocenters. The summed E-state index contributed by atoms with van der Waals surface area (Å²) in [4.78, 5) is 2.10. The van der Waals surface area contributed by atoms with E-state index >= 15 is 0 Å². The van der Waals surface area contributed by atoms with E-state index < -0.39 is 10.0 Å². The maximum atomic E-state index is 12.3. The van der Waals surface area contributed by atoms with Gasteiger partial charge in [-0.2, -0.15) is 0 Å². The molecule has 1 heterocycles. The molecule has 0 amide bonds. The van der Waals surface area contributed by atoms with E-state index in [4.69, 9.17) is 4.52 Å². The van der Waals surface area contributed by atoms with Crippen molar-refractivity contribution in [2.45, 2.75) is 18.7 Å².